The molecule has 1 N–H and O–H groups in total. The van der Waals surface area contributed by atoms with Gasteiger partial charge in [-0.1, -0.05) is 5.16 Å². The number of H-pyrrole nitrogens is 1. The first-order valence-electron chi connectivity index (χ1n) is 8.86. The summed E-state index contributed by atoms with van der Waals surface area (Å²) in [5.74, 6) is 0.225. The van der Waals surface area contributed by atoms with E-state index >= 15 is 0 Å². The van der Waals surface area contributed by atoms with Crippen molar-refractivity contribution in [2.45, 2.75) is 6.92 Å². The van der Waals surface area contributed by atoms with Gasteiger partial charge in [0.25, 0.3) is 5.56 Å². The normalized spacial score (nSPS) is 11.2. The van der Waals surface area contributed by atoms with Crippen LogP contribution in [0.2, 0.25) is 0 Å². The molecule has 0 saturated carbocycles. The monoisotopic (exact) mass is 387 g/mol. The molecule has 0 radical (unpaired) electrons. The first kappa shape index (κ1) is 17.1. The van der Waals surface area contributed by atoms with Crippen molar-refractivity contribution in [1.82, 2.24) is 24.7 Å². The number of nitrogens with one attached hydrogen (secondary N) is 1. The third-order valence-corrected chi connectivity index (χ3v) is 4.66. The summed E-state index contributed by atoms with van der Waals surface area (Å²) in [7, 11) is 0. The van der Waals surface area contributed by atoms with E-state index in [0.29, 0.717) is 34.1 Å². The summed E-state index contributed by atoms with van der Waals surface area (Å²) in [6, 6.07) is 12.8. The molecule has 1 aromatic carbocycles. The van der Waals surface area contributed by atoms with Crippen LogP contribution in [0.4, 0.5) is 4.39 Å². The summed E-state index contributed by atoms with van der Waals surface area (Å²) in [4.78, 5) is 21.5. The molecule has 0 aliphatic rings. The number of benzene rings is 1. The highest BCUT2D eigenvalue weighted by Crippen LogP contribution is 2.32. The van der Waals surface area contributed by atoms with Crippen molar-refractivity contribution in [3.05, 3.63) is 82.9 Å². The number of rotatable bonds is 3. The molecule has 4 aromatic heterocycles. The van der Waals surface area contributed by atoms with Crippen molar-refractivity contribution in [3.63, 3.8) is 0 Å². The maximum Gasteiger partial charge on any atom is 0.273 e. The highest BCUT2D eigenvalue weighted by Gasteiger charge is 2.20. The van der Waals surface area contributed by atoms with Crippen LogP contribution in [0.25, 0.3) is 39.4 Å². The fourth-order valence-electron chi connectivity index (χ4n) is 3.27. The minimum atomic E-state index is -0.326. The fraction of sp³-hybridized carbons (Fsp3) is 0.0476. The van der Waals surface area contributed by atoms with E-state index in [0.717, 1.165) is 11.1 Å². The van der Waals surface area contributed by atoms with Crippen LogP contribution in [0.1, 0.15) is 5.76 Å². The molecule has 0 bridgehead atoms. The highest BCUT2D eigenvalue weighted by atomic mass is 19.1. The number of aromatic nitrogens is 5. The molecule has 7 nitrogen and oxygen atoms in total. The molecular weight excluding hydrogens is 373 g/mol. The smallest absolute Gasteiger partial charge is 0.273 e. The molecular formula is C21H14FN5O2. The van der Waals surface area contributed by atoms with Crippen molar-refractivity contribution in [2.75, 3.05) is 0 Å². The van der Waals surface area contributed by atoms with Crippen molar-refractivity contribution in [1.29, 1.82) is 0 Å². The van der Waals surface area contributed by atoms with Gasteiger partial charge in [0.2, 0.25) is 0 Å². The average Bonchev–Trinajstić information content (AvgIpc) is 3.33. The minimum Gasteiger partial charge on any atom is -0.360 e. The molecule has 0 aliphatic heterocycles. The summed E-state index contributed by atoms with van der Waals surface area (Å²) in [5, 5.41) is 7.13. The standard InChI is InChI=1S/C21H14FN5O2/c1-12-20(21(26-29-12)14-3-2-8-23-11-14)17-10-19(28)27-18(24-17)9-16(25-27)13-4-6-15(22)7-5-13/h2-11,25H,1H3. The largest absolute Gasteiger partial charge is 0.360 e. The first-order valence-corrected chi connectivity index (χ1v) is 8.86. The summed E-state index contributed by atoms with van der Waals surface area (Å²) < 4.78 is 19.9. The summed E-state index contributed by atoms with van der Waals surface area (Å²) >= 11 is 0. The molecule has 4 heterocycles. The second-order valence-corrected chi connectivity index (χ2v) is 6.55. The lowest BCUT2D eigenvalue weighted by atomic mass is 10.1. The number of aryl methyl sites for hydroxylation is 1. The number of hydrogen-bond acceptors (Lipinski definition) is 5. The van der Waals surface area contributed by atoms with Gasteiger partial charge in [0.1, 0.15) is 17.3 Å². The number of halogens is 1. The zero-order valence-electron chi connectivity index (χ0n) is 15.3. The lowest BCUT2D eigenvalue weighted by Crippen LogP contribution is -2.14. The molecule has 0 spiro atoms. The van der Waals surface area contributed by atoms with Gasteiger partial charge in [0.05, 0.1) is 17.0 Å². The van der Waals surface area contributed by atoms with E-state index in [1.165, 1.54) is 22.7 Å². The lowest BCUT2D eigenvalue weighted by Gasteiger charge is -2.02. The van der Waals surface area contributed by atoms with Gasteiger partial charge >= 0.3 is 0 Å². The Morgan fingerprint density at radius 3 is 2.69 bits per heavy atom. The molecule has 0 unspecified atom stereocenters. The van der Waals surface area contributed by atoms with Crippen LogP contribution in [0, 0.1) is 12.7 Å². The van der Waals surface area contributed by atoms with E-state index in [1.807, 2.05) is 6.07 Å². The molecule has 142 valence electrons. The molecule has 0 saturated heterocycles. The summed E-state index contributed by atoms with van der Waals surface area (Å²) in [6.07, 6.45) is 3.35. The van der Waals surface area contributed by atoms with Gasteiger partial charge in [0, 0.05) is 30.1 Å². The number of pyridine rings is 1. The molecule has 5 aromatic rings. The molecule has 8 heteroatoms. The Hall–Kier alpha value is -4.07. The molecule has 29 heavy (non-hydrogen) atoms. The van der Waals surface area contributed by atoms with Gasteiger partial charge in [0.15, 0.2) is 5.65 Å². The second-order valence-electron chi connectivity index (χ2n) is 6.55. The van der Waals surface area contributed by atoms with Gasteiger partial charge in [-0.25, -0.2) is 13.9 Å². The topological polar surface area (TPSA) is 89.1 Å². The van der Waals surface area contributed by atoms with Crippen molar-refractivity contribution in [2.24, 2.45) is 0 Å². The molecule has 5 rings (SSSR count). The van der Waals surface area contributed by atoms with Crippen molar-refractivity contribution < 1.29 is 8.91 Å². The van der Waals surface area contributed by atoms with Gasteiger partial charge in [-0.3, -0.25) is 14.9 Å². The third-order valence-electron chi connectivity index (χ3n) is 4.66. The first-order chi connectivity index (χ1) is 14.1. The van der Waals surface area contributed by atoms with Crippen LogP contribution in [0.5, 0.6) is 0 Å². The summed E-state index contributed by atoms with van der Waals surface area (Å²) in [5.41, 5.74) is 3.99. The van der Waals surface area contributed by atoms with Gasteiger partial charge < -0.3 is 4.52 Å². The lowest BCUT2D eigenvalue weighted by molar-refractivity contribution is 0.400. The minimum absolute atomic E-state index is 0.281. The Morgan fingerprint density at radius 2 is 1.93 bits per heavy atom. The number of aromatic amines is 1. The van der Waals surface area contributed by atoms with E-state index in [1.54, 1.807) is 43.6 Å². The molecule has 0 atom stereocenters. The van der Waals surface area contributed by atoms with Gasteiger partial charge in [-0.15, -0.1) is 0 Å². The quantitative estimate of drug-likeness (QED) is 0.508. The molecule has 0 amide bonds. The Kier molecular flexibility index (Phi) is 3.83. The molecule has 0 aliphatic carbocycles. The summed E-state index contributed by atoms with van der Waals surface area (Å²) in [6.45, 7) is 1.77. The number of nitrogens with zero attached hydrogens (tertiary/aromatic N) is 4. The van der Waals surface area contributed by atoms with Crippen LogP contribution in [0.3, 0.4) is 0 Å². The molecule has 0 fully saturated rings. The maximum atomic E-state index is 13.2. The van der Waals surface area contributed by atoms with E-state index in [-0.39, 0.29) is 11.4 Å². The van der Waals surface area contributed by atoms with Crippen LogP contribution in [-0.2, 0) is 0 Å². The Labute approximate surface area is 163 Å². The number of fused-ring (bicyclic) bond motifs is 1. The zero-order chi connectivity index (χ0) is 20.0. The van der Waals surface area contributed by atoms with Crippen molar-refractivity contribution >= 4 is 5.65 Å². The maximum absolute atomic E-state index is 13.2. The predicted octanol–water partition coefficient (Wildman–Crippen LogP) is 3.85. The fourth-order valence-corrected chi connectivity index (χ4v) is 3.27. The predicted molar refractivity (Wildman–Crippen MR) is 105 cm³/mol. The van der Waals surface area contributed by atoms with Crippen molar-refractivity contribution in [3.8, 4) is 33.8 Å². The SMILES string of the molecule is Cc1onc(-c2cccnc2)c1-c1cc(=O)n2[nH]c(-c3ccc(F)cc3)cc2n1. The average molecular weight is 387 g/mol. The second kappa shape index (κ2) is 6.52. The van der Waals surface area contributed by atoms with Crippen LogP contribution >= 0.6 is 0 Å². The zero-order valence-corrected chi connectivity index (χ0v) is 15.3. The Balaban J connectivity index is 1.67. The van der Waals surface area contributed by atoms with E-state index in [2.05, 4.69) is 20.2 Å². The third kappa shape index (κ3) is 2.91. The van der Waals surface area contributed by atoms with E-state index < -0.39 is 0 Å². The Bertz CT molecular complexity index is 1380. The van der Waals surface area contributed by atoms with E-state index in [9.17, 15) is 9.18 Å². The number of hydrogen-bond donors (Lipinski definition) is 1. The van der Waals surface area contributed by atoms with Gasteiger partial charge in [-0.2, -0.15) is 0 Å². The Morgan fingerprint density at radius 1 is 1.10 bits per heavy atom. The van der Waals surface area contributed by atoms with Crippen LogP contribution in [0.15, 0.2) is 70.2 Å². The highest BCUT2D eigenvalue weighted by molar-refractivity contribution is 5.80. The van der Waals surface area contributed by atoms with Crippen LogP contribution < -0.4 is 5.56 Å². The van der Waals surface area contributed by atoms with Gasteiger partial charge in [-0.05, 0) is 48.9 Å². The van der Waals surface area contributed by atoms with Crippen LogP contribution in [-0.4, -0.2) is 24.7 Å². The van der Waals surface area contributed by atoms with E-state index in [4.69, 9.17) is 4.52 Å².